The number of benzene rings is 1. The van der Waals surface area contributed by atoms with Gasteiger partial charge in [-0.05, 0) is 44.4 Å². The highest BCUT2D eigenvalue weighted by atomic mass is 16.5. The van der Waals surface area contributed by atoms with Gasteiger partial charge >= 0.3 is 0 Å². The van der Waals surface area contributed by atoms with E-state index in [1.807, 2.05) is 38.1 Å². The minimum Gasteiger partial charge on any atom is -0.373 e. The molecule has 1 aliphatic rings. The fourth-order valence-corrected chi connectivity index (χ4v) is 2.74. The fraction of sp³-hybridized carbons (Fsp3) is 0.600. The number of guanidine groups is 1. The lowest BCUT2D eigenvalue weighted by Crippen LogP contribution is -2.45. The Morgan fingerprint density at radius 2 is 2.00 bits per heavy atom. The molecule has 1 saturated heterocycles. The number of anilines is 1. The summed E-state index contributed by atoms with van der Waals surface area (Å²) in [4.78, 5) is 16.4. The van der Waals surface area contributed by atoms with Crippen LogP contribution < -0.4 is 16.0 Å². The van der Waals surface area contributed by atoms with E-state index in [4.69, 9.17) is 4.74 Å². The van der Waals surface area contributed by atoms with Crippen LogP contribution in [0.1, 0.15) is 46.1 Å². The number of nitrogens with one attached hydrogen (secondary N) is 3. The Morgan fingerprint density at radius 3 is 2.58 bits per heavy atom. The smallest absolute Gasteiger partial charge is 0.226 e. The van der Waals surface area contributed by atoms with Crippen molar-refractivity contribution in [1.29, 1.82) is 0 Å². The molecule has 1 amide bonds. The summed E-state index contributed by atoms with van der Waals surface area (Å²) in [5, 5.41) is 9.55. The molecule has 0 bridgehead atoms. The van der Waals surface area contributed by atoms with Gasteiger partial charge in [-0.1, -0.05) is 26.0 Å². The summed E-state index contributed by atoms with van der Waals surface area (Å²) in [5.41, 5.74) is 1.80. The number of carbonyl (C=O) groups is 1. The number of aliphatic imine (C=N–C) groups is 1. The molecule has 1 heterocycles. The number of rotatable bonds is 7. The molecule has 0 aromatic heterocycles. The maximum atomic E-state index is 11.7. The molecule has 2 rings (SSSR count). The fourth-order valence-electron chi connectivity index (χ4n) is 2.74. The van der Waals surface area contributed by atoms with Crippen molar-refractivity contribution >= 4 is 17.6 Å². The molecule has 1 aromatic rings. The van der Waals surface area contributed by atoms with Crippen molar-refractivity contribution in [2.75, 3.05) is 25.0 Å². The number of carbonyl (C=O) groups excluding carboxylic acids is 1. The van der Waals surface area contributed by atoms with Gasteiger partial charge in [0, 0.05) is 31.3 Å². The van der Waals surface area contributed by atoms with Crippen molar-refractivity contribution in [3.63, 3.8) is 0 Å². The van der Waals surface area contributed by atoms with Gasteiger partial charge in [0.1, 0.15) is 0 Å². The maximum Gasteiger partial charge on any atom is 0.226 e. The number of hydrogen-bond donors (Lipinski definition) is 3. The number of hydrogen-bond acceptors (Lipinski definition) is 3. The van der Waals surface area contributed by atoms with Crippen LogP contribution in [0.4, 0.5) is 5.69 Å². The third-order valence-corrected chi connectivity index (χ3v) is 4.44. The van der Waals surface area contributed by atoms with Crippen molar-refractivity contribution in [2.45, 2.75) is 52.7 Å². The van der Waals surface area contributed by atoms with Crippen molar-refractivity contribution in [1.82, 2.24) is 10.6 Å². The average Bonchev–Trinajstić information content (AvgIpc) is 3.05. The predicted molar refractivity (Wildman–Crippen MR) is 106 cm³/mol. The van der Waals surface area contributed by atoms with Crippen LogP contribution >= 0.6 is 0 Å². The van der Waals surface area contributed by atoms with Crippen LogP contribution in [0, 0.1) is 5.92 Å². The second-order valence-electron chi connectivity index (χ2n) is 7.29. The Balaban J connectivity index is 1.90. The third kappa shape index (κ3) is 6.33. The van der Waals surface area contributed by atoms with E-state index in [9.17, 15) is 4.79 Å². The van der Waals surface area contributed by atoms with Crippen LogP contribution in [-0.2, 0) is 16.1 Å². The van der Waals surface area contributed by atoms with Crippen LogP contribution in [0.15, 0.2) is 29.3 Å². The summed E-state index contributed by atoms with van der Waals surface area (Å²) < 4.78 is 5.81. The summed E-state index contributed by atoms with van der Waals surface area (Å²) in [7, 11) is 0. The van der Waals surface area contributed by atoms with Gasteiger partial charge in [-0.25, -0.2) is 4.99 Å². The van der Waals surface area contributed by atoms with Gasteiger partial charge in [0.05, 0.1) is 12.1 Å². The first-order valence-corrected chi connectivity index (χ1v) is 9.48. The van der Waals surface area contributed by atoms with E-state index in [1.165, 1.54) is 0 Å². The molecule has 26 heavy (non-hydrogen) atoms. The first kappa shape index (κ1) is 20.2. The van der Waals surface area contributed by atoms with Gasteiger partial charge in [-0.3, -0.25) is 4.79 Å². The first-order chi connectivity index (χ1) is 12.4. The zero-order valence-electron chi connectivity index (χ0n) is 16.4. The molecule has 6 nitrogen and oxygen atoms in total. The highest BCUT2D eigenvalue weighted by molar-refractivity contribution is 5.92. The van der Waals surface area contributed by atoms with Gasteiger partial charge < -0.3 is 20.7 Å². The van der Waals surface area contributed by atoms with Gasteiger partial charge in [-0.15, -0.1) is 0 Å². The number of amides is 1. The van der Waals surface area contributed by atoms with Gasteiger partial charge in [0.2, 0.25) is 5.91 Å². The average molecular weight is 361 g/mol. The summed E-state index contributed by atoms with van der Waals surface area (Å²) in [6.07, 6.45) is 2.19. The monoisotopic (exact) mass is 360 g/mol. The van der Waals surface area contributed by atoms with Gasteiger partial charge in [0.15, 0.2) is 5.96 Å². The van der Waals surface area contributed by atoms with Crippen LogP contribution in [0.5, 0.6) is 0 Å². The molecular weight excluding hydrogens is 328 g/mol. The van der Waals surface area contributed by atoms with E-state index in [0.29, 0.717) is 6.54 Å². The van der Waals surface area contributed by atoms with E-state index in [-0.39, 0.29) is 17.4 Å². The largest absolute Gasteiger partial charge is 0.373 e. The third-order valence-electron chi connectivity index (χ3n) is 4.44. The summed E-state index contributed by atoms with van der Waals surface area (Å²) >= 11 is 0. The molecule has 1 unspecified atom stereocenters. The molecule has 6 heteroatoms. The van der Waals surface area contributed by atoms with E-state index in [1.54, 1.807) is 0 Å². The second-order valence-corrected chi connectivity index (χ2v) is 7.29. The molecule has 3 N–H and O–H groups in total. The molecular formula is C20H32N4O2. The molecule has 1 atom stereocenters. The molecule has 1 fully saturated rings. The molecule has 0 radical (unpaired) electrons. The van der Waals surface area contributed by atoms with Gasteiger partial charge in [-0.2, -0.15) is 0 Å². The lowest BCUT2D eigenvalue weighted by molar-refractivity contribution is -0.118. The Bertz CT molecular complexity index is 605. The topological polar surface area (TPSA) is 74.8 Å². The minimum atomic E-state index is -0.105. The highest BCUT2D eigenvalue weighted by Crippen LogP contribution is 2.23. The van der Waals surface area contributed by atoms with Crippen molar-refractivity contribution < 1.29 is 9.53 Å². The molecule has 1 aromatic carbocycles. The van der Waals surface area contributed by atoms with Crippen LogP contribution in [0.2, 0.25) is 0 Å². The number of ether oxygens (including phenoxy) is 1. The Labute approximate surface area is 156 Å². The van der Waals surface area contributed by atoms with Crippen LogP contribution in [0.3, 0.4) is 0 Å². The van der Waals surface area contributed by atoms with Crippen molar-refractivity contribution in [2.24, 2.45) is 10.9 Å². The molecule has 144 valence electrons. The lowest BCUT2D eigenvalue weighted by Gasteiger charge is -2.24. The zero-order chi connectivity index (χ0) is 19.0. The molecule has 0 saturated carbocycles. The van der Waals surface area contributed by atoms with Crippen molar-refractivity contribution in [3.05, 3.63) is 29.8 Å². The zero-order valence-corrected chi connectivity index (χ0v) is 16.4. The SMILES string of the molecule is CCNC(=NCc1ccc(NC(=O)C(C)C)cc1)NCC1(C)CCCO1. The first-order valence-electron chi connectivity index (χ1n) is 9.48. The van der Waals surface area contributed by atoms with Crippen LogP contribution in [0.25, 0.3) is 0 Å². The highest BCUT2D eigenvalue weighted by Gasteiger charge is 2.29. The number of nitrogens with zero attached hydrogens (tertiary/aromatic N) is 1. The summed E-state index contributed by atoms with van der Waals surface area (Å²) in [6.45, 7) is 10.9. The van der Waals surface area contributed by atoms with Gasteiger partial charge in [0.25, 0.3) is 0 Å². The Hall–Kier alpha value is -2.08. The van der Waals surface area contributed by atoms with E-state index < -0.39 is 0 Å². The summed E-state index contributed by atoms with van der Waals surface area (Å²) in [5.74, 6) is 0.789. The van der Waals surface area contributed by atoms with E-state index in [2.05, 4.69) is 34.8 Å². The van der Waals surface area contributed by atoms with Crippen molar-refractivity contribution in [3.8, 4) is 0 Å². The Morgan fingerprint density at radius 1 is 1.27 bits per heavy atom. The normalized spacial score (nSPS) is 20.3. The lowest BCUT2D eigenvalue weighted by atomic mass is 10.0. The molecule has 0 aliphatic carbocycles. The molecule has 1 aliphatic heterocycles. The molecule has 0 spiro atoms. The second kappa shape index (κ2) is 9.57. The quantitative estimate of drug-likeness (QED) is 0.516. The standard InChI is InChI=1S/C20H32N4O2/c1-5-21-19(23-14-20(4)11-6-12-26-20)22-13-16-7-9-17(10-8-16)24-18(25)15(2)3/h7-10,15H,5-6,11-14H2,1-4H3,(H,24,25)(H2,21,22,23). The Kier molecular flexibility index (Phi) is 7.45. The summed E-state index contributed by atoms with van der Waals surface area (Å²) in [6, 6.07) is 7.81. The van der Waals surface area contributed by atoms with E-state index in [0.717, 1.165) is 49.7 Å². The minimum absolute atomic E-state index is 0.0250. The van der Waals surface area contributed by atoms with Crippen LogP contribution in [-0.4, -0.2) is 37.2 Å². The predicted octanol–water partition coefficient (Wildman–Crippen LogP) is 2.91. The maximum absolute atomic E-state index is 11.7. The van der Waals surface area contributed by atoms with E-state index >= 15 is 0 Å².